The zero-order valence-electron chi connectivity index (χ0n) is 18.9. The van der Waals surface area contributed by atoms with Crippen LogP contribution in [0.5, 0.6) is 11.5 Å². The molecule has 0 spiro atoms. The number of rotatable bonds is 5. The van der Waals surface area contributed by atoms with Crippen LogP contribution in [-0.4, -0.2) is 35.5 Å². The molecule has 1 amide bonds. The van der Waals surface area contributed by atoms with Gasteiger partial charge in [0, 0.05) is 41.5 Å². The van der Waals surface area contributed by atoms with Crippen molar-refractivity contribution in [1.29, 1.82) is 0 Å². The van der Waals surface area contributed by atoms with Gasteiger partial charge in [0.05, 0.1) is 25.3 Å². The molecule has 0 aliphatic heterocycles. The molecule has 2 heterocycles. The molecular formula is C25H27N3O4. The molecule has 1 N–H and O–H groups in total. The lowest BCUT2D eigenvalue weighted by atomic mass is 10.1. The number of hydrogen-bond acceptors (Lipinski definition) is 5. The summed E-state index contributed by atoms with van der Waals surface area (Å²) in [6.45, 7) is 6.18. The van der Waals surface area contributed by atoms with Crippen molar-refractivity contribution in [3.63, 3.8) is 0 Å². The van der Waals surface area contributed by atoms with E-state index in [1.165, 1.54) is 0 Å². The SMILES string of the molecule is COc1cc2ncc3ccn(Cc4ccc(NC(=O)OC(C)(C)C)cc4)c3c2cc1OC. The topological polar surface area (TPSA) is 74.6 Å². The van der Waals surface area contributed by atoms with Crippen LogP contribution in [0, 0.1) is 0 Å². The highest BCUT2D eigenvalue weighted by atomic mass is 16.6. The number of benzene rings is 2. The van der Waals surface area contributed by atoms with E-state index in [4.69, 9.17) is 14.2 Å². The van der Waals surface area contributed by atoms with E-state index in [-0.39, 0.29) is 0 Å². The molecule has 2 aromatic heterocycles. The van der Waals surface area contributed by atoms with Gasteiger partial charge in [0.1, 0.15) is 5.60 Å². The van der Waals surface area contributed by atoms with Crippen molar-refractivity contribution >= 4 is 33.6 Å². The third kappa shape index (κ3) is 4.46. The van der Waals surface area contributed by atoms with Crippen molar-refractivity contribution in [2.75, 3.05) is 19.5 Å². The average molecular weight is 434 g/mol. The van der Waals surface area contributed by atoms with Crippen LogP contribution in [0.15, 0.2) is 54.9 Å². The first-order valence-corrected chi connectivity index (χ1v) is 10.4. The molecule has 0 fully saturated rings. The van der Waals surface area contributed by atoms with Crippen LogP contribution in [-0.2, 0) is 11.3 Å². The molecule has 0 saturated heterocycles. The van der Waals surface area contributed by atoms with Gasteiger partial charge in [0.25, 0.3) is 0 Å². The number of fused-ring (bicyclic) bond motifs is 3. The Hall–Kier alpha value is -3.74. The number of aromatic nitrogens is 2. The van der Waals surface area contributed by atoms with E-state index in [9.17, 15) is 4.79 Å². The van der Waals surface area contributed by atoms with Gasteiger partial charge in [-0.15, -0.1) is 0 Å². The molecule has 7 heteroatoms. The minimum absolute atomic E-state index is 0.468. The highest BCUT2D eigenvalue weighted by molar-refractivity contribution is 6.05. The quantitative estimate of drug-likeness (QED) is 0.443. The number of ether oxygens (including phenoxy) is 3. The number of pyridine rings is 1. The molecule has 0 radical (unpaired) electrons. The maximum atomic E-state index is 12.0. The van der Waals surface area contributed by atoms with Gasteiger partial charge in [-0.3, -0.25) is 10.3 Å². The Kier molecular flexibility index (Phi) is 5.65. The summed E-state index contributed by atoms with van der Waals surface area (Å²) in [6, 6.07) is 13.6. The second-order valence-corrected chi connectivity index (χ2v) is 8.55. The third-order valence-corrected chi connectivity index (χ3v) is 5.05. The summed E-state index contributed by atoms with van der Waals surface area (Å²) in [4.78, 5) is 16.6. The molecular weight excluding hydrogens is 406 g/mol. The summed E-state index contributed by atoms with van der Waals surface area (Å²) in [7, 11) is 3.25. The monoisotopic (exact) mass is 433 g/mol. The van der Waals surface area contributed by atoms with Gasteiger partial charge in [-0.05, 0) is 50.6 Å². The molecule has 0 unspecified atom stereocenters. The number of methoxy groups -OCH3 is 2. The molecule has 7 nitrogen and oxygen atoms in total. The lowest BCUT2D eigenvalue weighted by molar-refractivity contribution is 0.0636. The van der Waals surface area contributed by atoms with E-state index in [1.807, 2.05) is 63.4 Å². The molecule has 0 bridgehead atoms. The fourth-order valence-electron chi connectivity index (χ4n) is 3.65. The minimum atomic E-state index is -0.538. The van der Waals surface area contributed by atoms with Gasteiger partial charge in [0.15, 0.2) is 11.5 Å². The Balaban J connectivity index is 1.62. The Morgan fingerprint density at radius 1 is 1.03 bits per heavy atom. The smallest absolute Gasteiger partial charge is 0.412 e. The first kappa shape index (κ1) is 21.5. The Labute approximate surface area is 186 Å². The van der Waals surface area contributed by atoms with Crippen LogP contribution in [0.3, 0.4) is 0 Å². The van der Waals surface area contributed by atoms with Gasteiger partial charge < -0.3 is 18.8 Å². The van der Waals surface area contributed by atoms with Gasteiger partial charge >= 0.3 is 6.09 Å². The van der Waals surface area contributed by atoms with E-state index in [1.54, 1.807) is 14.2 Å². The maximum Gasteiger partial charge on any atom is 0.412 e. The van der Waals surface area contributed by atoms with Gasteiger partial charge in [-0.25, -0.2) is 4.79 Å². The largest absolute Gasteiger partial charge is 0.493 e. The summed E-state index contributed by atoms with van der Waals surface area (Å²) in [5, 5.41) is 4.80. The second-order valence-electron chi connectivity index (χ2n) is 8.55. The van der Waals surface area contributed by atoms with Crippen molar-refractivity contribution in [1.82, 2.24) is 9.55 Å². The normalized spacial score (nSPS) is 11.5. The number of amides is 1. The minimum Gasteiger partial charge on any atom is -0.493 e. The van der Waals surface area contributed by atoms with Crippen molar-refractivity contribution in [2.45, 2.75) is 32.9 Å². The lowest BCUT2D eigenvalue weighted by Gasteiger charge is -2.19. The molecule has 4 rings (SSSR count). The second kappa shape index (κ2) is 8.42. The zero-order chi connectivity index (χ0) is 22.9. The first-order valence-electron chi connectivity index (χ1n) is 10.4. The summed E-state index contributed by atoms with van der Waals surface area (Å²) < 4.78 is 18.4. The van der Waals surface area contributed by atoms with E-state index in [0.717, 1.165) is 27.4 Å². The van der Waals surface area contributed by atoms with Crippen LogP contribution >= 0.6 is 0 Å². The predicted octanol–water partition coefficient (Wildman–Crippen LogP) is 5.60. The lowest BCUT2D eigenvalue weighted by Crippen LogP contribution is -2.27. The molecule has 2 aromatic carbocycles. The molecule has 0 atom stereocenters. The van der Waals surface area contributed by atoms with Gasteiger partial charge in [0.2, 0.25) is 0 Å². The first-order chi connectivity index (χ1) is 15.3. The molecule has 32 heavy (non-hydrogen) atoms. The van der Waals surface area contributed by atoms with Crippen LogP contribution in [0.25, 0.3) is 21.8 Å². The van der Waals surface area contributed by atoms with E-state index in [0.29, 0.717) is 23.7 Å². The fourth-order valence-corrected chi connectivity index (χ4v) is 3.65. The van der Waals surface area contributed by atoms with E-state index < -0.39 is 11.7 Å². The summed E-state index contributed by atoms with van der Waals surface area (Å²) >= 11 is 0. The van der Waals surface area contributed by atoms with Gasteiger partial charge in [-0.1, -0.05) is 12.1 Å². The van der Waals surface area contributed by atoms with Crippen molar-refractivity contribution in [3.8, 4) is 11.5 Å². The highest BCUT2D eigenvalue weighted by Gasteiger charge is 2.16. The zero-order valence-corrected chi connectivity index (χ0v) is 18.9. The third-order valence-electron chi connectivity index (χ3n) is 5.05. The molecule has 0 aliphatic rings. The van der Waals surface area contributed by atoms with Crippen LogP contribution in [0.4, 0.5) is 10.5 Å². The predicted molar refractivity (Wildman–Crippen MR) is 126 cm³/mol. The molecule has 4 aromatic rings. The van der Waals surface area contributed by atoms with E-state index in [2.05, 4.69) is 27.1 Å². The standard InChI is InChI=1S/C25H27N3O4/c1-25(2,3)32-24(29)27-18-8-6-16(7-9-18)15-28-11-10-17-14-26-20-13-22(31-5)21(30-4)12-19(20)23(17)28/h6-14H,15H2,1-5H3,(H,27,29). The van der Waals surface area contributed by atoms with Crippen LogP contribution < -0.4 is 14.8 Å². The van der Waals surface area contributed by atoms with Gasteiger partial charge in [-0.2, -0.15) is 0 Å². The summed E-state index contributed by atoms with van der Waals surface area (Å²) in [5.74, 6) is 1.32. The molecule has 0 saturated carbocycles. The average Bonchev–Trinajstić information content (AvgIpc) is 3.15. The summed E-state index contributed by atoms with van der Waals surface area (Å²) in [5.41, 5.74) is 3.16. The van der Waals surface area contributed by atoms with Crippen molar-refractivity contribution in [2.24, 2.45) is 0 Å². The Morgan fingerprint density at radius 2 is 1.72 bits per heavy atom. The Bertz CT molecular complexity index is 1270. The number of anilines is 1. The molecule has 166 valence electrons. The number of nitrogens with zero attached hydrogens (tertiary/aromatic N) is 2. The van der Waals surface area contributed by atoms with E-state index >= 15 is 0 Å². The number of nitrogens with one attached hydrogen (secondary N) is 1. The highest BCUT2D eigenvalue weighted by Crippen LogP contribution is 2.35. The number of hydrogen-bond donors (Lipinski definition) is 1. The summed E-state index contributed by atoms with van der Waals surface area (Å²) in [6.07, 6.45) is 3.45. The maximum absolute atomic E-state index is 12.0. The Morgan fingerprint density at radius 3 is 2.38 bits per heavy atom. The van der Waals surface area contributed by atoms with Crippen molar-refractivity contribution < 1.29 is 19.0 Å². The number of carbonyl (C=O) groups is 1. The van der Waals surface area contributed by atoms with Crippen molar-refractivity contribution in [3.05, 3.63) is 60.4 Å². The van der Waals surface area contributed by atoms with Crippen LogP contribution in [0.2, 0.25) is 0 Å². The fraction of sp³-hybridized carbons (Fsp3) is 0.280. The van der Waals surface area contributed by atoms with Crippen LogP contribution in [0.1, 0.15) is 26.3 Å². The molecule has 0 aliphatic carbocycles. The number of carbonyl (C=O) groups excluding carboxylic acids is 1.